The van der Waals surface area contributed by atoms with Gasteiger partial charge in [0.05, 0.1) is 18.8 Å². The molecule has 8 N–H and O–H groups in total. The van der Waals surface area contributed by atoms with Gasteiger partial charge in [-0.05, 0) is 112 Å². The average Bonchev–Trinajstić information content (AvgIpc) is 4.00. The number of ether oxygens (including phenoxy) is 3. The predicted molar refractivity (Wildman–Crippen MR) is 279 cm³/mol. The third-order valence-corrected chi connectivity index (χ3v) is 18.6. The highest BCUT2D eigenvalue weighted by molar-refractivity contribution is 7.61. The molecule has 6 aliphatic rings. The van der Waals surface area contributed by atoms with Gasteiger partial charge in [-0.25, -0.2) is 18.9 Å². The number of allylic oxidation sites excluding steroid dienone is 4. The van der Waals surface area contributed by atoms with Crippen LogP contribution in [-0.2, 0) is 67.3 Å². The summed E-state index contributed by atoms with van der Waals surface area (Å²) in [5.74, 6) is 2.11. The molecule has 1 aliphatic heterocycles. The lowest BCUT2D eigenvalue weighted by Crippen LogP contribution is -2.63. The van der Waals surface area contributed by atoms with Crippen LogP contribution in [0.2, 0.25) is 0 Å². The fourth-order valence-electron chi connectivity index (χ4n) is 12.4. The maximum absolute atomic E-state index is 14.6. The first kappa shape index (κ1) is 59.9. The molecule has 0 bridgehead atoms. The molecule has 13 atom stereocenters. The van der Waals surface area contributed by atoms with Crippen LogP contribution in [0.5, 0.6) is 0 Å². The number of nitrogens with zero attached hydrogens (tertiary/aromatic N) is 1. The van der Waals surface area contributed by atoms with Gasteiger partial charge in [0.2, 0.25) is 5.91 Å². The van der Waals surface area contributed by atoms with Crippen LogP contribution in [0, 0.1) is 46.3 Å². The van der Waals surface area contributed by atoms with E-state index in [0.717, 1.165) is 31.3 Å². The number of carbonyl (C=O) groups is 6. The van der Waals surface area contributed by atoms with Crippen LogP contribution >= 0.6 is 15.6 Å². The number of Topliss-reactive ketones (excluding diaryl/α,β-unsaturated/α-hetero) is 1. The average molecular weight is 1110 g/mol. The van der Waals surface area contributed by atoms with Crippen LogP contribution in [0.25, 0.3) is 0 Å². The van der Waals surface area contributed by atoms with E-state index < -0.39 is 111 Å². The first-order valence-corrected chi connectivity index (χ1v) is 29.5. The maximum atomic E-state index is 14.6. The highest BCUT2D eigenvalue weighted by Crippen LogP contribution is 2.70. The Bertz CT molecular complexity index is 2670. The number of carbonyl (C=O) groups excluding carboxylic acids is 6. The van der Waals surface area contributed by atoms with Crippen LogP contribution in [0.15, 0.2) is 53.1 Å². The van der Waals surface area contributed by atoms with E-state index in [1.165, 1.54) is 30.3 Å². The lowest BCUT2D eigenvalue weighted by molar-refractivity contribution is -0.200. The highest BCUT2D eigenvalue weighted by atomic mass is 31.3. The molecule has 5 aliphatic carbocycles. The zero-order chi connectivity index (χ0) is 55.9. The number of fused-ring (bicyclic) bond motifs is 7. The van der Waals surface area contributed by atoms with Crippen molar-refractivity contribution < 1.29 is 80.4 Å². The predicted octanol–water partition coefficient (Wildman–Crippen LogP) is 6.02. The van der Waals surface area contributed by atoms with Crippen molar-refractivity contribution in [3.63, 3.8) is 0 Å². The summed E-state index contributed by atoms with van der Waals surface area (Å²) in [5.41, 5.74) is 3.04. The normalized spacial score (nSPS) is 31.5. The fraction of sp³-hybridized carbons (Fsp3) is 0.642. The molecule has 7 rings (SSSR count). The topological polar surface area (TPSA) is 327 Å². The number of nitrogens with one attached hydrogen (secondary N) is 3. The molecule has 422 valence electrons. The van der Waals surface area contributed by atoms with Crippen LogP contribution in [0.3, 0.4) is 0 Å². The minimum absolute atomic E-state index is 0.0613. The molecule has 4 fully saturated rings. The number of aliphatic imine (C=N–C) groups is 1. The standard InChI is InChI=1S/C53H73N5O17P2/c1-6-13-45-73-43-27-39-38-22-19-34-26-36(59)23-24-51(34,4)46(38)41(60)28-52(39,5)53(43,74-45)42(61)30-72-77(68,69)75-76(66,67)71-29-33-17-20-35(21-18-33)56-48(63)40(16-12-25-55-50(54)65)57-49(64)47(32(2)3)58-44(62)31-70-37-14-10-8-7-9-11-15-37/h17-18,20-21,23-24,26,32,37-39,41,43,45-47,60H,6-10,12-14,16,19,22,25,27-31H2,1-5H3,(H,56,63)(H,58,62)(H,66,67)(H,68,69)(H3,54,55,65)/t37?,38-,39-,41-,43+,45?,46+,47-,51-,52-,53+/m0/s1. The zero-order valence-electron chi connectivity index (χ0n) is 44.2. The van der Waals surface area contributed by atoms with E-state index in [0.29, 0.717) is 38.5 Å². The van der Waals surface area contributed by atoms with E-state index in [1.54, 1.807) is 19.9 Å². The van der Waals surface area contributed by atoms with Gasteiger partial charge in [0, 0.05) is 35.4 Å². The number of ketones is 2. The quantitative estimate of drug-likeness (QED) is 0.0285. The second-order valence-corrected chi connectivity index (χ2v) is 24.6. The first-order chi connectivity index (χ1) is 36.4. The summed E-state index contributed by atoms with van der Waals surface area (Å²) in [4.78, 5) is 104. The molecule has 0 radical (unpaired) electrons. The van der Waals surface area contributed by atoms with Crippen molar-refractivity contribution in [3.8, 4) is 11.8 Å². The van der Waals surface area contributed by atoms with Gasteiger partial charge in [-0.2, -0.15) is 4.31 Å². The Balaban J connectivity index is 0.952. The summed E-state index contributed by atoms with van der Waals surface area (Å²) < 4.78 is 59.8. The lowest BCUT2D eigenvalue weighted by atomic mass is 9.46. The molecule has 1 aromatic rings. The monoisotopic (exact) mass is 1110 g/mol. The first-order valence-electron chi connectivity index (χ1n) is 26.5. The van der Waals surface area contributed by atoms with Gasteiger partial charge in [-0.15, -0.1) is 5.92 Å². The molecule has 0 aromatic heterocycles. The Morgan fingerprint density at radius 2 is 1.75 bits per heavy atom. The van der Waals surface area contributed by atoms with Crippen molar-refractivity contribution >= 4 is 62.4 Å². The molecule has 3 saturated carbocycles. The fourth-order valence-corrected chi connectivity index (χ4v) is 14.4. The molecule has 22 nitrogen and oxygen atoms in total. The lowest BCUT2D eigenvalue weighted by Gasteiger charge is -2.59. The number of primary amides is 1. The molecule has 0 spiro atoms. The van der Waals surface area contributed by atoms with Crippen LogP contribution in [-0.4, -0.2) is 112 Å². The summed E-state index contributed by atoms with van der Waals surface area (Å²) in [6.45, 7) is 7.24. The minimum Gasteiger partial charge on any atom is -0.393 e. The molecule has 77 heavy (non-hydrogen) atoms. The van der Waals surface area contributed by atoms with E-state index in [2.05, 4.69) is 37.1 Å². The molecular formula is C53H73N5O17P2. The van der Waals surface area contributed by atoms with Crippen molar-refractivity contribution in [1.82, 2.24) is 10.6 Å². The number of nitrogens with two attached hydrogens (primary N) is 1. The van der Waals surface area contributed by atoms with Gasteiger partial charge >= 0.3 is 21.7 Å². The number of phosphoric acid groups is 2. The van der Waals surface area contributed by atoms with E-state index in [1.807, 2.05) is 26.8 Å². The summed E-state index contributed by atoms with van der Waals surface area (Å²) in [6, 6.07) is 3.71. The Hall–Kier alpha value is -4.75. The van der Waals surface area contributed by atoms with Gasteiger partial charge in [0.15, 0.2) is 23.5 Å². The van der Waals surface area contributed by atoms with Crippen molar-refractivity contribution in [1.29, 1.82) is 0 Å². The number of aliphatic hydroxyl groups excluding tert-OH is 1. The molecule has 1 aromatic carbocycles. The van der Waals surface area contributed by atoms with Gasteiger partial charge in [-0.1, -0.05) is 77.2 Å². The Morgan fingerprint density at radius 1 is 1.01 bits per heavy atom. The SMILES string of the molecule is CCCC1O[C@@H]2C[C@H]3[C@@H]4CCC5=CC(=O)C=C[C@]5(C)[C@H]4[C@@H](O)C[C@]3(C)[C@]2(C(=O)COP(=O)(O)OP(=O)(O)OCc2ccc(NC(=O)C(CCCNC(N)=O)=NC(=O)[C@@H](NC(=O)COC3C#CCCCCC3)C(C)C)cc2)O1. The molecular weight excluding hydrogens is 1040 g/mol. The number of aliphatic hydroxyl groups is 1. The Labute approximate surface area is 448 Å². The number of urea groups is 1. The second-order valence-electron chi connectivity index (χ2n) is 21.6. The summed E-state index contributed by atoms with van der Waals surface area (Å²) in [6.07, 6.45) is 9.54. The van der Waals surface area contributed by atoms with Crippen molar-refractivity contribution in [2.75, 3.05) is 25.1 Å². The van der Waals surface area contributed by atoms with Gasteiger partial charge < -0.3 is 50.8 Å². The molecule has 1 saturated heterocycles. The molecule has 1 heterocycles. The third-order valence-electron chi connectivity index (χ3n) is 16.0. The number of benzene rings is 1. The van der Waals surface area contributed by atoms with Gasteiger partial charge in [0.25, 0.3) is 11.8 Å². The summed E-state index contributed by atoms with van der Waals surface area (Å²) in [5, 5.41) is 19.7. The smallest absolute Gasteiger partial charge is 0.393 e. The Morgan fingerprint density at radius 3 is 2.47 bits per heavy atom. The summed E-state index contributed by atoms with van der Waals surface area (Å²) in [7, 11) is -10.9. The third kappa shape index (κ3) is 14.0. The highest BCUT2D eigenvalue weighted by Gasteiger charge is 2.76. The number of amides is 5. The number of anilines is 1. The number of hydrogen-bond acceptors (Lipinski definition) is 15. The van der Waals surface area contributed by atoms with Crippen LogP contribution in [0.1, 0.15) is 124 Å². The zero-order valence-corrected chi connectivity index (χ0v) is 46.0. The van der Waals surface area contributed by atoms with E-state index in [9.17, 15) is 52.8 Å². The van der Waals surface area contributed by atoms with E-state index >= 15 is 0 Å². The minimum atomic E-state index is -5.50. The number of phosphoric ester groups is 2. The van der Waals surface area contributed by atoms with Crippen molar-refractivity contribution in [2.24, 2.45) is 45.2 Å². The van der Waals surface area contributed by atoms with E-state index in [4.69, 9.17) is 29.0 Å². The van der Waals surface area contributed by atoms with Crippen molar-refractivity contribution in [2.45, 2.75) is 161 Å². The molecule has 24 heteroatoms. The maximum Gasteiger partial charge on any atom is 0.481 e. The van der Waals surface area contributed by atoms with Crippen LogP contribution in [0.4, 0.5) is 10.5 Å². The second kappa shape index (κ2) is 25.1. The molecule has 4 unspecified atom stereocenters. The summed E-state index contributed by atoms with van der Waals surface area (Å²) >= 11 is 0. The number of rotatable bonds is 23. The number of hydrogen-bond donors (Lipinski definition) is 7. The molecule has 5 amide bonds. The van der Waals surface area contributed by atoms with Crippen LogP contribution < -0.4 is 21.7 Å². The van der Waals surface area contributed by atoms with Gasteiger partial charge in [0.1, 0.15) is 31.1 Å². The largest absolute Gasteiger partial charge is 0.481 e. The van der Waals surface area contributed by atoms with Crippen molar-refractivity contribution in [3.05, 3.63) is 53.6 Å². The van der Waals surface area contributed by atoms with E-state index in [-0.39, 0.29) is 72.9 Å². The Kier molecular flexibility index (Phi) is 19.6. The van der Waals surface area contributed by atoms with Gasteiger partial charge in [-0.3, -0.25) is 33.0 Å².